The third-order valence-corrected chi connectivity index (χ3v) is 7.68. The first kappa shape index (κ1) is 27.0. The van der Waals surface area contributed by atoms with Gasteiger partial charge in [-0.1, -0.05) is 61.5 Å². The number of aromatic nitrogens is 1. The molecule has 5 rings (SSSR count). The highest BCUT2D eigenvalue weighted by Gasteiger charge is 2.28. The lowest BCUT2D eigenvalue weighted by Gasteiger charge is -2.38. The summed E-state index contributed by atoms with van der Waals surface area (Å²) < 4.78 is 0. The van der Waals surface area contributed by atoms with Gasteiger partial charge in [-0.15, -0.1) is 0 Å². The minimum Gasteiger partial charge on any atom is -0.309 e. The van der Waals surface area contributed by atoms with Crippen molar-refractivity contribution in [2.45, 2.75) is 57.5 Å². The van der Waals surface area contributed by atoms with Gasteiger partial charge >= 0.3 is 0 Å². The van der Waals surface area contributed by atoms with Gasteiger partial charge in [0, 0.05) is 56.2 Å². The first-order valence-electron chi connectivity index (χ1n) is 13.9. The smallest absolute Gasteiger partial charge is 0.226 e. The van der Waals surface area contributed by atoms with Crippen LogP contribution >= 0.6 is 0 Å². The largest absolute Gasteiger partial charge is 0.309 e. The molecule has 5 nitrogen and oxygen atoms in total. The molecule has 2 aliphatic heterocycles. The van der Waals surface area contributed by atoms with Gasteiger partial charge in [-0.2, -0.15) is 0 Å². The Morgan fingerprint density at radius 1 is 0.919 bits per heavy atom. The van der Waals surface area contributed by atoms with E-state index < -0.39 is 0 Å². The monoisotopic (exact) mass is 498 g/mol. The zero-order valence-electron chi connectivity index (χ0n) is 22.5. The van der Waals surface area contributed by atoms with E-state index in [2.05, 4.69) is 70.4 Å². The van der Waals surface area contributed by atoms with Crippen molar-refractivity contribution in [1.29, 1.82) is 0 Å². The summed E-state index contributed by atoms with van der Waals surface area (Å²) in [5.74, 6) is 0.230. The second-order valence-electron chi connectivity index (χ2n) is 10.2. The summed E-state index contributed by atoms with van der Waals surface area (Å²) in [7, 11) is 2.19. The van der Waals surface area contributed by atoms with Gasteiger partial charge in [0.1, 0.15) is 0 Å². The van der Waals surface area contributed by atoms with E-state index in [1.165, 1.54) is 30.5 Å². The lowest BCUT2D eigenvalue weighted by molar-refractivity contribution is -0.119. The molecule has 0 aliphatic carbocycles. The Hall–Kier alpha value is -3.02. The van der Waals surface area contributed by atoms with Crippen LogP contribution in [0.2, 0.25) is 0 Å². The van der Waals surface area contributed by atoms with Gasteiger partial charge in [0.05, 0.1) is 0 Å². The Bertz CT molecular complexity index is 1050. The van der Waals surface area contributed by atoms with Crippen LogP contribution in [0, 0.1) is 0 Å². The third-order valence-electron chi connectivity index (χ3n) is 7.68. The fraction of sp³-hybridized carbons (Fsp3) is 0.438. The molecule has 3 aromatic rings. The summed E-state index contributed by atoms with van der Waals surface area (Å²) >= 11 is 0. The zero-order chi connectivity index (χ0) is 25.9. The third kappa shape index (κ3) is 7.73. The van der Waals surface area contributed by atoms with Crippen molar-refractivity contribution in [1.82, 2.24) is 14.8 Å². The van der Waals surface area contributed by atoms with E-state index in [4.69, 9.17) is 0 Å². The average molecular weight is 499 g/mol. The zero-order valence-corrected chi connectivity index (χ0v) is 22.5. The standard InChI is InChI=1S/C22H28N2O.C10H14N2/c1-2-22(25)24(20-11-7-4-8-12-20)21-14-17-23(18-15-21)16-13-19-9-5-3-6-10-19;1-12-7-3-5-10(12)9-4-2-6-11-8-9/h3-12,21H,2,13-18H2,1H3;2,4,6,8,10H,3,5,7H2,1H3/t;10-/m.0/s1. The molecule has 2 aliphatic rings. The molecule has 0 unspecified atom stereocenters. The van der Waals surface area contributed by atoms with Crippen LogP contribution < -0.4 is 4.90 Å². The molecule has 196 valence electrons. The fourth-order valence-electron chi connectivity index (χ4n) is 5.55. The summed E-state index contributed by atoms with van der Waals surface area (Å²) in [5.41, 5.74) is 3.80. The maximum atomic E-state index is 12.5. The fourth-order valence-corrected chi connectivity index (χ4v) is 5.55. The molecule has 2 saturated heterocycles. The van der Waals surface area contributed by atoms with Crippen LogP contribution in [-0.4, -0.2) is 60.0 Å². The van der Waals surface area contributed by atoms with Crippen molar-refractivity contribution < 1.29 is 4.79 Å². The molecule has 5 heteroatoms. The molecule has 2 aromatic carbocycles. The number of pyridine rings is 1. The van der Waals surface area contributed by atoms with Crippen molar-refractivity contribution in [3.63, 3.8) is 0 Å². The topological polar surface area (TPSA) is 39.7 Å². The van der Waals surface area contributed by atoms with Gasteiger partial charge in [-0.05, 0) is 75.0 Å². The van der Waals surface area contributed by atoms with E-state index in [1.807, 2.05) is 48.5 Å². The van der Waals surface area contributed by atoms with Crippen LogP contribution in [0.15, 0.2) is 85.2 Å². The molecule has 3 heterocycles. The van der Waals surface area contributed by atoms with E-state index in [0.29, 0.717) is 18.5 Å². The van der Waals surface area contributed by atoms with Gasteiger partial charge in [0.2, 0.25) is 5.91 Å². The SMILES string of the molecule is CCC(=O)N(c1ccccc1)C1CCN(CCc2ccccc2)CC1.CN1CCC[C@H]1c1cccnc1. The maximum Gasteiger partial charge on any atom is 0.226 e. The molecule has 0 radical (unpaired) electrons. The molecule has 2 fully saturated rings. The van der Waals surface area contributed by atoms with Crippen LogP contribution in [0.3, 0.4) is 0 Å². The summed E-state index contributed by atoms with van der Waals surface area (Å²) in [6.07, 6.45) is 10.2. The van der Waals surface area contributed by atoms with Crippen molar-refractivity contribution in [3.05, 3.63) is 96.3 Å². The minimum absolute atomic E-state index is 0.230. The number of piperidine rings is 1. The van der Waals surface area contributed by atoms with Gasteiger partial charge in [0.15, 0.2) is 0 Å². The van der Waals surface area contributed by atoms with Crippen LogP contribution in [-0.2, 0) is 11.2 Å². The molecule has 1 amide bonds. The number of carbonyl (C=O) groups is 1. The van der Waals surface area contributed by atoms with Crippen molar-refractivity contribution in [2.24, 2.45) is 0 Å². The second kappa shape index (κ2) is 14.1. The van der Waals surface area contributed by atoms with Gasteiger partial charge in [0.25, 0.3) is 0 Å². The number of anilines is 1. The molecule has 0 N–H and O–H groups in total. The van der Waals surface area contributed by atoms with Gasteiger partial charge in [-0.25, -0.2) is 0 Å². The highest BCUT2D eigenvalue weighted by molar-refractivity contribution is 5.93. The predicted molar refractivity (Wildman–Crippen MR) is 153 cm³/mol. The number of hydrogen-bond donors (Lipinski definition) is 0. The van der Waals surface area contributed by atoms with Crippen molar-refractivity contribution >= 4 is 11.6 Å². The van der Waals surface area contributed by atoms with E-state index in [-0.39, 0.29) is 5.91 Å². The predicted octanol–water partition coefficient (Wildman–Crippen LogP) is 5.99. The van der Waals surface area contributed by atoms with E-state index in [0.717, 1.165) is 44.6 Å². The number of carbonyl (C=O) groups excluding carboxylic acids is 1. The van der Waals surface area contributed by atoms with Crippen LogP contribution in [0.4, 0.5) is 5.69 Å². The molecular weight excluding hydrogens is 456 g/mol. The Morgan fingerprint density at radius 3 is 2.22 bits per heavy atom. The second-order valence-corrected chi connectivity index (χ2v) is 10.2. The van der Waals surface area contributed by atoms with Crippen LogP contribution in [0.25, 0.3) is 0 Å². The first-order chi connectivity index (χ1) is 18.2. The van der Waals surface area contributed by atoms with E-state index in [1.54, 1.807) is 0 Å². The molecular formula is C32H42N4O. The number of para-hydroxylation sites is 1. The summed E-state index contributed by atoms with van der Waals surface area (Å²) in [4.78, 5) is 23.6. The van der Waals surface area contributed by atoms with Crippen LogP contribution in [0.5, 0.6) is 0 Å². The number of amides is 1. The Kier molecular flexibility index (Phi) is 10.3. The average Bonchev–Trinajstić information content (AvgIpc) is 3.40. The number of hydrogen-bond acceptors (Lipinski definition) is 4. The molecule has 1 atom stereocenters. The minimum atomic E-state index is 0.230. The highest BCUT2D eigenvalue weighted by atomic mass is 16.2. The van der Waals surface area contributed by atoms with Crippen molar-refractivity contribution in [2.75, 3.05) is 38.1 Å². The molecule has 0 saturated carbocycles. The van der Waals surface area contributed by atoms with Crippen molar-refractivity contribution in [3.8, 4) is 0 Å². The molecule has 37 heavy (non-hydrogen) atoms. The van der Waals surface area contributed by atoms with Crippen LogP contribution in [0.1, 0.15) is 56.2 Å². The lowest BCUT2D eigenvalue weighted by Crippen LogP contribution is -2.47. The quantitative estimate of drug-likeness (QED) is 0.401. The molecule has 1 aromatic heterocycles. The summed E-state index contributed by atoms with van der Waals surface area (Å²) in [6.45, 7) is 6.41. The van der Waals surface area contributed by atoms with E-state index >= 15 is 0 Å². The van der Waals surface area contributed by atoms with E-state index in [9.17, 15) is 4.79 Å². The summed E-state index contributed by atoms with van der Waals surface area (Å²) in [5, 5.41) is 0. The Morgan fingerprint density at radius 2 is 1.62 bits per heavy atom. The number of benzene rings is 2. The number of rotatable bonds is 7. The van der Waals surface area contributed by atoms with Gasteiger partial charge < -0.3 is 9.80 Å². The highest BCUT2D eigenvalue weighted by Crippen LogP contribution is 2.29. The number of nitrogens with zero attached hydrogens (tertiary/aromatic N) is 4. The first-order valence-corrected chi connectivity index (χ1v) is 13.9. The Balaban J connectivity index is 0.000000222. The maximum absolute atomic E-state index is 12.5. The molecule has 0 bridgehead atoms. The normalized spacial score (nSPS) is 18.7. The molecule has 0 spiro atoms. The lowest BCUT2D eigenvalue weighted by atomic mass is 10.0. The van der Waals surface area contributed by atoms with Gasteiger partial charge in [-0.3, -0.25) is 14.7 Å². The Labute approximate surface area is 223 Å². The number of likely N-dealkylation sites (tertiary alicyclic amines) is 2. The summed E-state index contributed by atoms with van der Waals surface area (Å²) in [6, 6.07) is 25.9.